The molecule has 0 radical (unpaired) electrons. The van der Waals surface area contributed by atoms with E-state index in [1.54, 1.807) is 30.3 Å². The van der Waals surface area contributed by atoms with Crippen LogP contribution in [0.2, 0.25) is 0 Å². The van der Waals surface area contributed by atoms with Crippen LogP contribution in [0.15, 0.2) is 47.4 Å². The van der Waals surface area contributed by atoms with E-state index in [-0.39, 0.29) is 11.3 Å². The van der Waals surface area contributed by atoms with Crippen LogP contribution in [0.5, 0.6) is 0 Å². The van der Waals surface area contributed by atoms with Crippen LogP contribution >= 0.6 is 11.8 Å². The van der Waals surface area contributed by atoms with Gasteiger partial charge in [0, 0.05) is 16.3 Å². The minimum absolute atomic E-state index is 0.180. The third-order valence-corrected chi connectivity index (χ3v) is 3.49. The third kappa shape index (κ3) is 3.85. The van der Waals surface area contributed by atoms with E-state index in [0.29, 0.717) is 28.0 Å². The third-order valence-electron chi connectivity index (χ3n) is 2.70. The van der Waals surface area contributed by atoms with Crippen LogP contribution in [0, 0.1) is 0 Å². The van der Waals surface area contributed by atoms with Gasteiger partial charge in [-0.15, -0.1) is 0 Å². The summed E-state index contributed by atoms with van der Waals surface area (Å²) in [6.45, 7) is 0. The number of nitrogens with one attached hydrogen (secondary N) is 1. The number of carbonyl (C=O) groups excluding carboxylic acids is 1. The molecule has 0 aromatic heterocycles. The second kappa shape index (κ2) is 6.45. The summed E-state index contributed by atoms with van der Waals surface area (Å²) in [4.78, 5) is 11.7. The van der Waals surface area contributed by atoms with Gasteiger partial charge in [0.15, 0.2) is 0 Å². The Bertz CT molecular complexity index is 664. The van der Waals surface area contributed by atoms with E-state index in [4.69, 9.17) is 11.5 Å². The number of alkyl halides is 2. The molecule has 0 aliphatic carbocycles. The molecule has 0 saturated carbocycles. The fourth-order valence-electron chi connectivity index (χ4n) is 1.77. The van der Waals surface area contributed by atoms with Crippen LogP contribution in [0.25, 0.3) is 0 Å². The number of carbonyl (C=O) groups is 1. The molecule has 1 amide bonds. The van der Waals surface area contributed by atoms with E-state index in [1.165, 1.54) is 12.1 Å². The zero-order valence-corrected chi connectivity index (χ0v) is 11.7. The number of rotatable bonds is 5. The number of thioether (sulfide) groups is 1. The van der Waals surface area contributed by atoms with Gasteiger partial charge < -0.3 is 16.8 Å². The lowest BCUT2D eigenvalue weighted by Crippen LogP contribution is -2.13. The molecule has 0 atom stereocenters. The summed E-state index contributed by atoms with van der Waals surface area (Å²) in [6, 6.07) is 11.3. The highest BCUT2D eigenvalue weighted by molar-refractivity contribution is 7.99. The van der Waals surface area contributed by atoms with E-state index in [9.17, 15) is 13.6 Å². The number of halogens is 2. The molecule has 7 heteroatoms. The van der Waals surface area contributed by atoms with Gasteiger partial charge >= 0.3 is 0 Å². The Morgan fingerprint density at radius 2 is 1.90 bits per heavy atom. The maximum Gasteiger partial charge on any atom is 0.288 e. The molecular weight excluding hydrogens is 296 g/mol. The van der Waals surface area contributed by atoms with Crippen LogP contribution in [0.4, 0.5) is 25.8 Å². The molecule has 5 N–H and O–H groups in total. The van der Waals surface area contributed by atoms with Crippen LogP contribution < -0.4 is 16.8 Å². The lowest BCUT2D eigenvalue weighted by molar-refractivity contribution is 0.100. The van der Waals surface area contributed by atoms with Crippen LogP contribution in [0.3, 0.4) is 0 Å². The van der Waals surface area contributed by atoms with Crippen molar-refractivity contribution >= 4 is 34.7 Å². The molecule has 0 heterocycles. The summed E-state index contributed by atoms with van der Waals surface area (Å²) in [5.41, 5.74) is 12.4. The van der Waals surface area contributed by atoms with E-state index < -0.39 is 11.7 Å². The standard InChI is InChI=1S/C14H13F2N3OS/c15-14(16)21-12-4-2-1-3-11(12)19-8-5-6-10(17)9(7-8)13(18)20/h1-7,14,19H,17H2,(H2,18,20). The maximum absolute atomic E-state index is 12.5. The SMILES string of the molecule is NC(=O)c1cc(Nc2ccccc2SC(F)F)ccc1N. The molecule has 0 aliphatic rings. The topological polar surface area (TPSA) is 81.1 Å². The van der Waals surface area contributed by atoms with Crippen molar-refractivity contribution in [3.63, 3.8) is 0 Å². The predicted molar refractivity (Wildman–Crippen MR) is 81.0 cm³/mol. The second-order valence-corrected chi connectivity index (χ2v) is 5.20. The Morgan fingerprint density at radius 1 is 1.19 bits per heavy atom. The highest BCUT2D eigenvalue weighted by atomic mass is 32.2. The molecule has 21 heavy (non-hydrogen) atoms. The molecule has 0 fully saturated rings. The molecule has 0 saturated heterocycles. The van der Waals surface area contributed by atoms with Gasteiger partial charge in [-0.25, -0.2) is 0 Å². The first-order valence-corrected chi connectivity index (χ1v) is 6.85. The Kier molecular flexibility index (Phi) is 4.64. The average Bonchev–Trinajstić information content (AvgIpc) is 2.42. The zero-order chi connectivity index (χ0) is 15.4. The molecule has 110 valence electrons. The summed E-state index contributed by atoms with van der Waals surface area (Å²) in [6.07, 6.45) is 0. The molecule has 0 bridgehead atoms. The van der Waals surface area contributed by atoms with Crippen molar-refractivity contribution in [2.45, 2.75) is 10.7 Å². The molecule has 0 spiro atoms. The number of hydrogen-bond donors (Lipinski definition) is 3. The van der Waals surface area contributed by atoms with Gasteiger partial charge in [-0.3, -0.25) is 4.79 Å². The Morgan fingerprint density at radius 3 is 2.57 bits per heavy atom. The van der Waals surface area contributed by atoms with Crippen molar-refractivity contribution < 1.29 is 13.6 Å². The van der Waals surface area contributed by atoms with Crippen molar-refractivity contribution in [1.82, 2.24) is 0 Å². The van der Waals surface area contributed by atoms with Gasteiger partial charge in [-0.2, -0.15) is 8.78 Å². The van der Waals surface area contributed by atoms with Gasteiger partial charge in [0.1, 0.15) is 0 Å². The number of amides is 1. The van der Waals surface area contributed by atoms with Gasteiger partial charge in [0.05, 0.1) is 11.3 Å². The summed E-state index contributed by atoms with van der Waals surface area (Å²) in [5.74, 6) is -3.16. The van der Waals surface area contributed by atoms with Crippen molar-refractivity contribution in [1.29, 1.82) is 0 Å². The van der Waals surface area contributed by atoms with E-state index in [0.717, 1.165) is 0 Å². The van der Waals surface area contributed by atoms with Gasteiger partial charge in [0.2, 0.25) is 0 Å². The zero-order valence-electron chi connectivity index (χ0n) is 10.8. The van der Waals surface area contributed by atoms with Crippen molar-refractivity contribution in [3.8, 4) is 0 Å². The number of anilines is 3. The minimum atomic E-state index is -2.51. The van der Waals surface area contributed by atoms with Crippen molar-refractivity contribution in [2.75, 3.05) is 11.1 Å². The normalized spacial score (nSPS) is 10.6. The molecule has 0 unspecified atom stereocenters. The molecular formula is C14H13F2N3OS. The average molecular weight is 309 g/mol. The molecule has 2 rings (SSSR count). The highest BCUT2D eigenvalue weighted by Crippen LogP contribution is 2.33. The molecule has 2 aromatic rings. The number of nitrogens with two attached hydrogens (primary N) is 2. The smallest absolute Gasteiger partial charge is 0.288 e. The Hall–Kier alpha value is -2.28. The first kappa shape index (κ1) is 15.1. The largest absolute Gasteiger partial charge is 0.398 e. The number of para-hydroxylation sites is 1. The highest BCUT2D eigenvalue weighted by Gasteiger charge is 2.11. The molecule has 0 aliphatic heterocycles. The van der Waals surface area contributed by atoms with Crippen LogP contribution in [-0.4, -0.2) is 11.7 Å². The number of primary amides is 1. The first-order valence-electron chi connectivity index (χ1n) is 5.97. The summed E-state index contributed by atoms with van der Waals surface area (Å²) in [5, 5.41) is 2.98. The van der Waals surface area contributed by atoms with Crippen LogP contribution in [-0.2, 0) is 0 Å². The predicted octanol–water partition coefficient (Wildman–Crippen LogP) is 3.43. The monoisotopic (exact) mass is 309 g/mol. The van der Waals surface area contributed by atoms with Crippen molar-refractivity contribution in [3.05, 3.63) is 48.0 Å². The molecule has 4 nitrogen and oxygen atoms in total. The Labute approximate surface area is 124 Å². The maximum atomic E-state index is 12.5. The molecule has 2 aromatic carbocycles. The van der Waals surface area contributed by atoms with E-state index in [2.05, 4.69) is 5.32 Å². The van der Waals surface area contributed by atoms with Crippen LogP contribution in [0.1, 0.15) is 10.4 Å². The summed E-state index contributed by atoms with van der Waals surface area (Å²) < 4.78 is 25.0. The minimum Gasteiger partial charge on any atom is -0.398 e. The number of benzene rings is 2. The summed E-state index contributed by atoms with van der Waals surface area (Å²) >= 11 is 0.446. The van der Waals surface area contributed by atoms with Gasteiger partial charge in [-0.1, -0.05) is 23.9 Å². The van der Waals surface area contributed by atoms with E-state index >= 15 is 0 Å². The quantitative estimate of drug-likeness (QED) is 0.584. The van der Waals surface area contributed by atoms with E-state index in [1.807, 2.05) is 0 Å². The lowest BCUT2D eigenvalue weighted by atomic mass is 10.1. The lowest BCUT2D eigenvalue weighted by Gasteiger charge is -2.12. The number of nitrogen functional groups attached to an aromatic ring is 1. The fraction of sp³-hybridized carbons (Fsp3) is 0.0714. The number of hydrogen-bond acceptors (Lipinski definition) is 4. The van der Waals surface area contributed by atoms with Crippen molar-refractivity contribution in [2.24, 2.45) is 5.73 Å². The Balaban J connectivity index is 2.30. The van der Waals surface area contributed by atoms with Gasteiger partial charge in [0.25, 0.3) is 11.7 Å². The van der Waals surface area contributed by atoms with Gasteiger partial charge in [-0.05, 0) is 30.3 Å². The first-order chi connectivity index (χ1) is 9.97. The fourth-order valence-corrected chi connectivity index (χ4v) is 2.37. The summed E-state index contributed by atoms with van der Waals surface area (Å²) in [7, 11) is 0. The second-order valence-electron chi connectivity index (χ2n) is 4.17.